The summed E-state index contributed by atoms with van der Waals surface area (Å²) in [5.41, 5.74) is 0.881. The van der Waals surface area contributed by atoms with Crippen LogP contribution in [0.3, 0.4) is 0 Å². The number of halogens is 1. The lowest BCUT2D eigenvalue weighted by Gasteiger charge is -2.07. The molecule has 1 heterocycles. The maximum absolute atomic E-state index is 13.9. The summed E-state index contributed by atoms with van der Waals surface area (Å²) in [4.78, 5) is 4.17. The molecule has 0 saturated carbocycles. The number of nitrogens with zero attached hydrogens (tertiary/aromatic N) is 2. The second-order valence-corrected chi connectivity index (χ2v) is 4.69. The highest BCUT2D eigenvalue weighted by Gasteiger charge is 2.09. The summed E-state index contributed by atoms with van der Waals surface area (Å²) in [5, 5.41) is 6.94. The predicted octanol–water partition coefficient (Wildman–Crippen LogP) is 2.85. The Hall–Kier alpha value is -1.95. The fraction of sp³-hybridized carbons (Fsp3) is 0.467. The van der Waals surface area contributed by atoms with Gasteiger partial charge in [0.2, 0.25) is 11.7 Å². The first-order chi connectivity index (χ1) is 10.2. The molecule has 0 fully saturated rings. The maximum Gasteiger partial charge on any atom is 0.226 e. The molecule has 1 aromatic carbocycles. The molecule has 21 heavy (non-hydrogen) atoms. The minimum Gasteiger partial charge on any atom is -0.482 e. The van der Waals surface area contributed by atoms with Gasteiger partial charge in [-0.15, -0.1) is 0 Å². The molecule has 0 saturated heterocycles. The van der Waals surface area contributed by atoms with Gasteiger partial charge < -0.3 is 14.6 Å². The first kappa shape index (κ1) is 15.4. The lowest BCUT2D eigenvalue weighted by molar-refractivity contribution is 0.272. The van der Waals surface area contributed by atoms with Crippen molar-refractivity contribution in [2.24, 2.45) is 0 Å². The highest BCUT2D eigenvalue weighted by molar-refractivity contribution is 5.29. The molecule has 5 nitrogen and oxygen atoms in total. The summed E-state index contributed by atoms with van der Waals surface area (Å²) in [7, 11) is 0. The third kappa shape index (κ3) is 4.53. The molecule has 0 aliphatic heterocycles. The Balaban J connectivity index is 1.92. The van der Waals surface area contributed by atoms with Gasteiger partial charge in [0.15, 0.2) is 18.2 Å². The fourth-order valence-electron chi connectivity index (χ4n) is 1.85. The predicted molar refractivity (Wildman–Crippen MR) is 76.4 cm³/mol. The summed E-state index contributed by atoms with van der Waals surface area (Å²) in [6.45, 7) is 5.61. The van der Waals surface area contributed by atoms with E-state index in [1.54, 1.807) is 6.07 Å². The largest absolute Gasteiger partial charge is 0.482 e. The molecule has 114 valence electrons. The second-order valence-electron chi connectivity index (χ2n) is 4.69. The van der Waals surface area contributed by atoms with E-state index in [-0.39, 0.29) is 18.2 Å². The van der Waals surface area contributed by atoms with Gasteiger partial charge >= 0.3 is 0 Å². The quantitative estimate of drug-likeness (QED) is 0.811. The van der Waals surface area contributed by atoms with E-state index < -0.39 is 0 Å². The molecule has 2 aromatic rings. The number of benzene rings is 1. The summed E-state index contributed by atoms with van der Waals surface area (Å²) >= 11 is 0. The van der Waals surface area contributed by atoms with Gasteiger partial charge in [-0.05, 0) is 30.7 Å². The lowest BCUT2D eigenvalue weighted by Crippen LogP contribution is -2.11. The van der Waals surface area contributed by atoms with Gasteiger partial charge in [0, 0.05) is 13.0 Å². The van der Waals surface area contributed by atoms with Crippen LogP contribution in [0.2, 0.25) is 0 Å². The van der Waals surface area contributed by atoms with Gasteiger partial charge in [0.1, 0.15) is 0 Å². The molecule has 6 heteroatoms. The minimum atomic E-state index is -0.386. The Morgan fingerprint density at radius 3 is 2.90 bits per heavy atom. The van der Waals surface area contributed by atoms with E-state index >= 15 is 0 Å². The van der Waals surface area contributed by atoms with Gasteiger partial charge in [-0.25, -0.2) is 4.39 Å². The zero-order chi connectivity index (χ0) is 15.1. The van der Waals surface area contributed by atoms with E-state index in [0.29, 0.717) is 18.3 Å². The molecule has 0 spiro atoms. The molecule has 0 amide bonds. The van der Waals surface area contributed by atoms with Crippen molar-refractivity contribution >= 4 is 0 Å². The first-order valence-corrected chi connectivity index (χ1v) is 7.16. The molecule has 0 aliphatic rings. The molecule has 1 aromatic heterocycles. The van der Waals surface area contributed by atoms with Gasteiger partial charge in [-0.1, -0.05) is 25.1 Å². The van der Waals surface area contributed by atoms with Crippen LogP contribution in [-0.4, -0.2) is 16.7 Å². The van der Waals surface area contributed by atoms with Crippen molar-refractivity contribution in [1.29, 1.82) is 0 Å². The number of hydrogen-bond acceptors (Lipinski definition) is 5. The van der Waals surface area contributed by atoms with E-state index in [1.165, 1.54) is 6.07 Å². The molecule has 0 bridgehead atoms. The Morgan fingerprint density at radius 1 is 1.33 bits per heavy atom. The molecule has 2 rings (SSSR count). The zero-order valence-corrected chi connectivity index (χ0v) is 12.4. The van der Waals surface area contributed by atoms with Crippen LogP contribution >= 0.6 is 0 Å². The minimum absolute atomic E-state index is 0.0939. The highest BCUT2D eigenvalue weighted by atomic mass is 19.1. The maximum atomic E-state index is 13.9. The van der Waals surface area contributed by atoms with Crippen molar-refractivity contribution in [2.75, 3.05) is 6.54 Å². The number of aryl methyl sites for hydroxylation is 1. The number of aromatic nitrogens is 2. The summed E-state index contributed by atoms with van der Waals surface area (Å²) in [6.07, 6.45) is 1.67. The molecule has 0 atom stereocenters. The monoisotopic (exact) mass is 293 g/mol. The Bertz CT molecular complexity index is 572. The molecule has 1 N–H and O–H groups in total. The van der Waals surface area contributed by atoms with Crippen LogP contribution in [0.1, 0.15) is 37.5 Å². The van der Waals surface area contributed by atoms with E-state index in [4.69, 9.17) is 9.26 Å². The summed E-state index contributed by atoms with van der Waals surface area (Å²) < 4.78 is 24.3. The summed E-state index contributed by atoms with van der Waals surface area (Å²) in [5.74, 6) is 0.812. The van der Waals surface area contributed by atoms with Crippen LogP contribution in [-0.2, 0) is 19.6 Å². The normalized spacial score (nSPS) is 10.8. The molecule has 0 aliphatic carbocycles. The third-order valence-electron chi connectivity index (χ3n) is 2.91. The Kier molecular flexibility index (Phi) is 5.68. The van der Waals surface area contributed by atoms with E-state index in [9.17, 15) is 4.39 Å². The van der Waals surface area contributed by atoms with Crippen molar-refractivity contribution in [3.8, 4) is 5.75 Å². The third-order valence-corrected chi connectivity index (χ3v) is 2.91. The standard InChI is InChI=1S/C15H20FN3O2/c1-3-5-15-18-14(19-21-15)10-20-13-7-6-11(8-12(13)16)9-17-4-2/h6-8,17H,3-5,9-10H2,1-2H3. The topological polar surface area (TPSA) is 60.2 Å². The van der Waals surface area contributed by atoms with Crippen molar-refractivity contribution in [3.05, 3.63) is 41.3 Å². The average molecular weight is 293 g/mol. The second kappa shape index (κ2) is 7.73. The Labute approximate surface area is 123 Å². The highest BCUT2D eigenvalue weighted by Crippen LogP contribution is 2.19. The van der Waals surface area contributed by atoms with Crippen LogP contribution in [0.4, 0.5) is 4.39 Å². The zero-order valence-electron chi connectivity index (χ0n) is 12.4. The average Bonchev–Trinajstić information content (AvgIpc) is 2.92. The number of hydrogen-bond donors (Lipinski definition) is 1. The van der Waals surface area contributed by atoms with Crippen LogP contribution in [0, 0.1) is 5.82 Å². The van der Waals surface area contributed by atoms with Gasteiger partial charge in [-0.3, -0.25) is 0 Å². The molecular weight excluding hydrogens is 273 g/mol. The van der Waals surface area contributed by atoms with Gasteiger partial charge in [0.25, 0.3) is 0 Å². The van der Waals surface area contributed by atoms with Gasteiger partial charge in [0.05, 0.1) is 0 Å². The SMILES string of the molecule is CCCc1nc(COc2ccc(CNCC)cc2F)no1. The van der Waals surface area contributed by atoms with E-state index in [1.807, 2.05) is 19.9 Å². The van der Waals surface area contributed by atoms with Crippen molar-refractivity contribution < 1.29 is 13.7 Å². The smallest absolute Gasteiger partial charge is 0.226 e. The first-order valence-electron chi connectivity index (χ1n) is 7.16. The lowest BCUT2D eigenvalue weighted by atomic mass is 10.2. The van der Waals surface area contributed by atoms with Gasteiger partial charge in [-0.2, -0.15) is 4.98 Å². The number of ether oxygens (including phenoxy) is 1. The van der Waals surface area contributed by atoms with E-state index in [2.05, 4.69) is 15.5 Å². The van der Waals surface area contributed by atoms with Crippen LogP contribution in [0.5, 0.6) is 5.75 Å². The van der Waals surface area contributed by atoms with E-state index in [0.717, 1.165) is 24.9 Å². The molecule has 0 radical (unpaired) electrons. The van der Waals surface area contributed by atoms with Crippen LogP contribution in [0.25, 0.3) is 0 Å². The van der Waals surface area contributed by atoms with Crippen molar-refractivity contribution in [1.82, 2.24) is 15.5 Å². The molecule has 0 unspecified atom stereocenters. The van der Waals surface area contributed by atoms with Crippen LogP contribution < -0.4 is 10.1 Å². The number of nitrogens with one attached hydrogen (secondary N) is 1. The van der Waals surface area contributed by atoms with Crippen LogP contribution in [0.15, 0.2) is 22.7 Å². The van der Waals surface area contributed by atoms with Crippen molar-refractivity contribution in [2.45, 2.75) is 39.8 Å². The number of rotatable bonds is 8. The molecular formula is C15H20FN3O2. The fourth-order valence-corrected chi connectivity index (χ4v) is 1.85. The summed E-state index contributed by atoms with van der Waals surface area (Å²) in [6, 6.07) is 4.92. The van der Waals surface area contributed by atoms with Crippen molar-refractivity contribution in [3.63, 3.8) is 0 Å². The Morgan fingerprint density at radius 2 is 2.19 bits per heavy atom.